The van der Waals surface area contributed by atoms with Gasteiger partial charge in [0.25, 0.3) is 5.91 Å². The van der Waals surface area contributed by atoms with Gasteiger partial charge in [-0.05, 0) is 24.1 Å². The summed E-state index contributed by atoms with van der Waals surface area (Å²) >= 11 is 0. The molecule has 0 radical (unpaired) electrons. The number of carbonyl (C=O) groups excluding carboxylic acids is 1. The highest BCUT2D eigenvalue weighted by Crippen LogP contribution is 2.15. The largest absolute Gasteiger partial charge is 0.411 e. The van der Waals surface area contributed by atoms with Crippen LogP contribution in [0.3, 0.4) is 0 Å². The molecule has 2 saturated heterocycles. The van der Waals surface area contributed by atoms with Gasteiger partial charge in [-0.2, -0.15) is 13.2 Å². The van der Waals surface area contributed by atoms with Crippen LogP contribution in [-0.2, 0) is 16.0 Å². The van der Waals surface area contributed by atoms with E-state index in [0.29, 0.717) is 31.6 Å². The molecule has 2 fully saturated rings. The standard InChI is InChI=1S/C21H30F3N3O3/c22-21(23,24)17-30-12-2-5-25-6-8-27(9-7-25)20(28)19-4-1-3-18(15-19)16-26-10-13-29-14-11-26/h1,3-4,15H,2,5-14,16-17H2. The highest BCUT2D eigenvalue weighted by atomic mass is 19.4. The average Bonchev–Trinajstić information content (AvgIpc) is 2.73. The maximum absolute atomic E-state index is 12.9. The van der Waals surface area contributed by atoms with Crippen molar-refractivity contribution >= 4 is 5.91 Å². The number of halogens is 3. The Bertz CT molecular complexity index is 673. The van der Waals surface area contributed by atoms with Crippen molar-refractivity contribution in [3.63, 3.8) is 0 Å². The van der Waals surface area contributed by atoms with Crippen LogP contribution in [0.15, 0.2) is 24.3 Å². The zero-order valence-corrected chi connectivity index (χ0v) is 17.2. The van der Waals surface area contributed by atoms with Crippen LogP contribution in [0, 0.1) is 0 Å². The van der Waals surface area contributed by atoms with Crippen molar-refractivity contribution in [1.82, 2.24) is 14.7 Å². The fraction of sp³-hybridized carbons (Fsp3) is 0.667. The third kappa shape index (κ3) is 7.54. The van der Waals surface area contributed by atoms with E-state index >= 15 is 0 Å². The van der Waals surface area contributed by atoms with Crippen LogP contribution in [0.2, 0.25) is 0 Å². The van der Waals surface area contributed by atoms with Gasteiger partial charge in [-0.15, -0.1) is 0 Å². The molecule has 1 aromatic carbocycles. The van der Waals surface area contributed by atoms with E-state index in [1.165, 1.54) is 0 Å². The Morgan fingerprint density at radius 2 is 1.77 bits per heavy atom. The van der Waals surface area contributed by atoms with Crippen molar-refractivity contribution in [1.29, 1.82) is 0 Å². The number of amides is 1. The summed E-state index contributed by atoms with van der Waals surface area (Å²) in [6, 6.07) is 7.81. The number of carbonyl (C=O) groups is 1. The van der Waals surface area contributed by atoms with E-state index in [9.17, 15) is 18.0 Å². The molecule has 0 aliphatic carbocycles. The Morgan fingerprint density at radius 1 is 1.03 bits per heavy atom. The molecular formula is C21H30F3N3O3. The first-order valence-corrected chi connectivity index (χ1v) is 10.5. The fourth-order valence-electron chi connectivity index (χ4n) is 3.76. The average molecular weight is 429 g/mol. The molecule has 0 unspecified atom stereocenters. The maximum Gasteiger partial charge on any atom is 0.411 e. The summed E-state index contributed by atoms with van der Waals surface area (Å²) in [5.74, 6) is 0.0342. The second-order valence-electron chi connectivity index (χ2n) is 7.74. The summed E-state index contributed by atoms with van der Waals surface area (Å²) in [7, 11) is 0. The zero-order valence-electron chi connectivity index (χ0n) is 17.2. The van der Waals surface area contributed by atoms with E-state index in [-0.39, 0.29) is 12.5 Å². The molecule has 0 spiro atoms. The van der Waals surface area contributed by atoms with E-state index in [2.05, 4.69) is 14.5 Å². The van der Waals surface area contributed by atoms with Crippen LogP contribution in [0.1, 0.15) is 22.3 Å². The van der Waals surface area contributed by atoms with E-state index in [1.807, 2.05) is 29.2 Å². The number of rotatable bonds is 8. The normalized spacial score (nSPS) is 19.2. The van der Waals surface area contributed by atoms with Gasteiger partial charge in [-0.3, -0.25) is 14.6 Å². The lowest BCUT2D eigenvalue weighted by Gasteiger charge is -2.35. The Kier molecular flexibility index (Phi) is 8.50. The SMILES string of the molecule is O=C(c1cccc(CN2CCOCC2)c1)N1CCN(CCCOCC(F)(F)F)CC1. The van der Waals surface area contributed by atoms with Gasteiger partial charge < -0.3 is 14.4 Å². The molecule has 0 aromatic heterocycles. The number of hydrogen-bond donors (Lipinski definition) is 0. The number of morpholine rings is 1. The van der Waals surface area contributed by atoms with Crippen molar-refractivity contribution in [2.75, 3.05) is 72.2 Å². The van der Waals surface area contributed by atoms with Crippen LogP contribution >= 0.6 is 0 Å². The summed E-state index contributed by atoms with van der Waals surface area (Å²) in [5, 5.41) is 0. The predicted octanol–water partition coefficient (Wildman–Crippen LogP) is 2.25. The van der Waals surface area contributed by atoms with Crippen molar-refractivity contribution in [3.8, 4) is 0 Å². The summed E-state index contributed by atoms with van der Waals surface area (Å²) in [5.41, 5.74) is 1.83. The molecule has 168 valence electrons. The first-order chi connectivity index (χ1) is 14.4. The van der Waals surface area contributed by atoms with Gasteiger partial charge in [0.2, 0.25) is 0 Å². The van der Waals surface area contributed by atoms with Crippen LogP contribution in [0.4, 0.5) is 13.2 Å². The molecule has 9 heteroatoms. The van der Waals surface area contributed by atoms with Crippen molar-refractivity contribution in [2.45, 2.75) is 19.1 Å². The molecule has 0 saturated carbocycles. The third-order valence-corrected chi connectivity index (χ3v) is 5.37. The van der Waals surface area contributed by atoms with Crippen LogP contribution in [-0.4, -0.2) is 99.0 Å². The Morgan fingerprint density at radius 3 is 2.47 bits per heavy atom. The molecule has 1 aromatic rings. The minimum atomic E-state index is -4.27. The smallest absolute Gasteiger partial charge is 0.379 e. The van der Waals surface area contributed by atoms with Crippen molar-refractivity contribution < 1.29 is 27.4 Å². The van der Waals surface area contributed by atoms with Gasteiger partial charge in [0.15, 0.2) is 0 Å². The summed E-state index contributed by atoms with van der Waals surface area (Å²) in [6.45, 7) is 6.37. The third-order valence-electron chi connectivity index (χ3n) is 5.37. The number of nitrogens with zero attached hydrogens (tertiary/aromatic N) is 3. The Labute approximate surface area is 175 Å². The molecule has 0 bridgehead atoms. The lowest BCUT2D eigenvalue weighted by Crippen LogP contribution is -2.49. The lowest BCUT2D eigenvalue weighted by molar-refractivity contribution is -0.174. The summed E-state index contributed by atoms with van der Waals surface area (Å²) in [6.07, 6.45) is -3.72. The first kappa shape index (κ1) is 23.0. The highest BCUT2D eigenvalue weighted by molar-refractivity contribution is 5.94. The van der Waals surface area contributed by atoms with Gasteiger partial charge in [0.05, 0.1) is 13.2 Å². The molecular weight excluding hydrogens is 399 g/mol. The number of benzene rings is 1. The van der Waals surface area contributed by atoms with Crippen molar-refractivity contribution in [2.24, 2.45) is 0 Å². The molecule has 6 nitrogen and oxygen atoms in total. The summed E-state index contributed by atoms with van der Waals surface area (Å²) < 4.78 is 46.2. The predicted molar refractivity (Wildman–Crippen MR) is 106 cm³/mol. The fourth-order valence-corrected chi connectivity index (χ4v) is 3.76. The first-order valence-electron chi connectivity index (χ1n) is 10.5. The number of hydrogen-bond acceptors (Lipinski definition) is 5. The van der Waals surface area contributed by atoms with Gasteiger partial charge in [-0.25, -0.2) is 0 Å². The zero-order chi connectivity index (χ0) is 21.4. The quantitative estimate of drug-likeness (QED) is 0.594. The molecule has 0 N–H and O–H groups in total. The van der Waals surface area contributed by atoms with Gasteiger partial charge in [0, 0.05) is 64.5 Å². The van der Waals surface area contributed by atoms with E-state index < -0.39 is 12.8 Å². The van der Waals surface area contributed by atoms with Crippen LogP contribution in [0.5, 0.6) is 0 Å². The number of ether oxygens (including phenoxy) is 2. The monoisotopic (exact) mass is 429 g/mol. The highest BCUT2D eigenvalue weighted by Gasteiger charge is 2.27. The molecule has 2 aliphatic rings. The Hall–Kier alpha value is -1.68. The van der Waals surface area contributed by atoms with Gasteiger partial charge in [-0.1, -0.05) is 12.1 Å². The number of alkyl halides is 3. The molecule has 1 amide bonds. The van der Waals surface area contributed by atoms with E-state index in [4.69, 9.17) is 4.74 Å². The van der Waals surface area contributed by atoms with Crippen LogP contribution < -0.4 is 0 Å². The number of piperazine rings is 1. The second kappa shape index (κ2) is 11.1. The van der Waals surface area contributed by atoms with Crippen LogP contribution in [0.25, 0.3) is 0 Å². The second-order valence-corrected chi connectivity index (χ2v) is 7.74. The van der Waals surface area contributed by atoms with Crippen molar-refractivity contribution in [3.05, 3.63) is 35.4 Å². The molecule has 2 aliphatic heterocycles. The minimum absolute atomic E-state index is 0.0342. The lowest BCUT2D eigenvalue weighted by atomic mass is 10.1. The van der Waals surface area contributed by atoms with Gasteiger partial charge >= 0.3 is 6.18 Å². The molecule has 3 rings (SSSR count). The van der Waals surface area contributed by atoms with E-state index in [1.54, 1.807) is 0 Å². The molecule has 2 heterocycles. The van der Waals surface area contributed by atoms with E-state index in [0.717, 1.165) is 51.5 Å². The summed E-state index contributed by atoms with van der Waals surface area (Å²) in [4.78, 5) is 19.2. The molecule has 30 heavy (non-hydrogen) atoms. The van der Waals surface area contributed by atoms with Gasteiger partial charge in [0.1, 0.15) is 6.61 Å². The maximum atomic E-state index is 12.9. The molecule has 0 atom stereocenters. The Balaban J connectivity index is 1.40. The minimum Gasteiger partial charge on any atom is -0.379 e. The topological polar surface area (TPSA) is 45.2 Å².